The Morgan fingerprint density at radius 3 is 2.76 bits per heavy atom. The van der Waals surface area contributed by atoms with E-state index in [-0.39, 0.29) is 17.9 Å². The van der Waals surface area contributed by atoms with E-state index in [1.165, 1.54) is 11.1 Å². The van der Waals surface area contributed by atoms with Crippen molar-refractivity contribution in [2.75, 3.05) is 25.4 Å². The Hall–Kier alpha value is -0.950. The van der Waals surface area contributed by atoms with Gasteiger partial charge in [0.05, 0.1) is 17.9 Å². The Kier molecular flexibility index (Phi) is 5.37. The minimum atomic E-state index is -3.12. The van der Waals surface area contributed by atoms with E-state index in [1.54, 1.807) is 6.92 Å². The number of hydrogen-bond donors (Lipinski definition) is 3. The number of benzene rings is 1. The average molecular weight is 312 g/mol. The van der Waals surface area contributed by atoms with Gasteiger partial charge in [-0.15, -0.1) is 0 Å². The van der Waals surface area contributed by atoms with Gasteiger partial charge in [-0.25, -0.2) is 13.1 Å². The molecule has 0 bridgehead atoms. The van der Waals surface area contributed by atoms with Crippen molar-refractivity contribution in [3.8, 4) is 0 Å². The second-order valence-corrected chi connectivity index (χ2v) is 7.57. The summed E-state index contributed by atoms with van der Waals surface area (Å²) in [6.45, 7) is 2.77. The minimum Gasteiger partial charge on any atom is -0.394 e. The van der Waals surface area contributed by atoms with Crippen molar-refractivity contribution in [2.24, 2.45) is 0 Å². The fraction of sp³-hybridized carbons (Fsp3) is 0.600. The number of rotatable bonds is 8. The van der Waals surface area contributed by atoms with E-state index >= 15 is 0 Å². The number of hydrogen-bond acceptors (Lipinski definition) is 4. The first-order chi connectivity index (χ1) is 10.0. The lowest BCUT2D eigenvalue weighted by Gasteiger charge is -2.30. The summed E-state index contributed by atoms with van der Waals surface area (Å²) in [7, 11) is -3.12. The third-order valence-electron chi connectivity index (χ3n) is 4.14. The lowest BCUT2D eigenvalue weighted by molar-refractivity contribution is 0.160. The van der Waals surface area contributed by atoms with Crippen LogP contribution in [0.1, 0.15) is 30.9 Å². The summed E-state index contributed by atoms with van der Waals surface area (Å²) in [5, 5.41) is 13.2. The molecule has 1 aliphatic carbocycles. The highest BCUT2D eigenvalue weighted by Gasteiger charge is 2.37. The largest absolute Gasteiger partial charge is 0.394 e. The van der Waals surface area contributed by atoms with Crippen molar-refractivity contribution in [3.05, 3.63) is 35.4 Å². The molecule has 6 heteroatoms. The average Bonchev–Trinajstić information content (AvgIpc) is 2.87. The number of nitrogens with one attached hydrogen (secondary N) is 2. The van der Waals surface area contributed by atoms with Gasteiger partial charge < -0.3 is 10.4 Å². The monoisotopic (exact) mass is 312 g/mol. The molecule has 1 atom stereocenters. The molecule has 1 unspecified atom stereocenters. The van der Waals surface area contributed by atoms with Gasteiger partial charge in [-0.05, 0) is 43.9 Å². The fourth-order valence-electron chi connectivity index (χ4n) is 2.84. The Morgan fingerprint density at radius 1 is 1.29 bits per heavy atom. The second kappa shape index (κ2) is 6.87. The quantitative estimate of drug-likeness (QED) is 0.619. The molecule has 3 N–H and O–H groups in total. The van der Waals surface area contributed by atoms with Gasteiger partial charge in [0.15, 0.2) is 0 Å². The van der Waals surface area contributed by atoms with Crippen molar-refractivity contribution >= 4 is 10.0 Å². The highest BCUT2D eigenvalue weighted by Crippen LogP contribution is 2.36. The summed E-state index contributed by atoms with van der Waals surface area (Å²) in [6.07, 6.45) is 2.54. The van der Waals surface area contributed by atoms with Crippen LogP contribution in [0.3, 0.4) is 0 Å². The number of aryl methyl sites for hydroxylation is 1. The highest BCUT2D eigenvalue weighted by atomic mass is 32.2. The van der Waals surface area contributed by atoms with E-state index < -0.39 is 10.0 Å². The predicted molar refractivity (Wildman–Crippen MR) is 83.6 cm³/mol. The SMILES string of the molecule is CCS(=O)(=O)NCCCNC1(CO)CCc2ccccc21. The van der Waals surface area contributed by atoms with Gasteiger partial charge in [-0.3, -0.25) is 0 Å². The molecule has 0 radical (unpaired) electrons. The number of aliphatic hydroxyl groups is 1. The topological polar surface area (TPSA) is 78.4 Å². The van der Waals surface area contributed by atoms with Crippen LogP contribution >= 0.6 is 0 Å². The Labute approximate surface area is 126 Å². The van der Waals surface area contributed by atoms with Crippen molar-refractivity contribution in [1.29, 1.82) is 0 Å². The van der Waals surface area contributed by atoms with Gasteiger partial charge in [-0.2, -0.15) is 0 Å². The van der Waals surface area contributed by atoms with Gasteiger partial charge in [0.2, 0.25) is 10.0 Å². The van der Waals surface area contributed by atoms with Crippen molar-refractivity contribution in [2.45, 2.75) is 31.7 Å². The van der Waals surface area contributed by atoms with Crippen molar-refractivity contribution in [3.63, 3.8) is 0 Å². The van der Waals surface area contributed by atoms with Crippen LogP contribution in [-0.4, -0.2) is 39.0 Å². The fourth-order valence-corrected chi connectivity index (χ4v) is 3.50. The normalized spacial score (nSPS) is 21.4. The molecule has 21 heavy (non-hydrogen) atoms. The third kappa shape index (κ3) is 3.83. The molecule has 0 aromatic heterocycles. The maximum Gasteiger partial charge on any atom is 0.211 e. The molecule has 118 valence electrons. The van der Waals surface area contributed by atoms with E-state index in [2.05, 4.69) is 22.2 Å². The third-order valence-corrected chi connectivity index (χ3v) is 5.55. The lowest BCUT2D eigenvalue weighted by atomic mass is 9.92. The second-order valence-electron chi connectivity index (χ2n) is 5.48. The maximum atomic E-state index is 11.3. The summed E-state index contributed by atoms with van der Waals surface area (Å²) in [5.74, 6) is 0.106. The summed E-state index contributed by atoms with van der Waals surface area (Å²) < 4.78 is 25.2. The summed E-state index contributed by atoms with van der Waals surface area (Å²) >= 11 is 0. The predicted octanol–water partition coefficient (Wildman–Crippen LogP) is 0.739. The zero-order valence-electron chi connectivity index (χ0n) is 12.4. The molecule has 2 rings (SSSR count). The van der Waals surface area contributed by atoms with E-state index in [0.717, 1.165) is 12.8 Å². The van der Waals surface area contributed by atoms with Gasteiger partial charge >= 0.3 is 0 Å². The van der Waals surface area contributed by atoms with E-state index in [9.17, 15) is 13.5 Å². The molecule has 0 saturated carbocycles. The molecule has 1 aromatic carbocycles. The molecule has 0 amide bonds. The maximum absolute atomic E-state index is 11.3. The minimum absolute atomic E-state index is 0.0602. The zero-order valence-corrected chi connectivity index (χ0v) is 13.2. The van der Waals surface area contributed by atoms with Gasteiger partial charge in [0.25, 0.3) is 0 Å². The number of aliphatic hydroxyl groups excluding tert-OH is 1. The summed E-state index contributed by atoms with van der Waals surface area (Å²) in [5.41, 5.74) is 2.08. The number of fused-ring (bicyclic) bond motifs is 1. The van der Waals surface area contributed by atoms with E-state index in [4.69, 9.17) is 0 Å². The highest BCUT2D eigenvalue weighted by molar-refractivity contribution is 7.89. The molecule has 1 aromatic rings. The van der Waals surface area contributed by atoms with Crippen LogP contribution in [0, 0.1) is 0 Å². The van der Waals surface area contributed by atoms with Crippen molar-refractivity contribution in [1.82, 2.24) is 10.0 Å². The van der Waals surface area contributed by atoms with Crippen LogP contribution in [0.4, 0.5) is 0 Å². The molecular formula is C15H24N2O3S. The van der Waals surface area contributed by atoms with Crippen LogP contribution < -0.4 is 10.0 Å². The molecule has 0 fully saturated rings. The molecule has 0 aliphatic heterocycles. The molecule has 0 heterocycles. The van der Waals surface area contributed by atoms with E-state index in [0.29, 0.717) is 19.5 Å². The van der Waals surface area contributed by atoms with Gasteiger partial charge in [-0.1, -0.05) is 24.3 Å². The first-order valence-corrected chi connectivity index (χ1v) is 9.10. The molecule has 0 saturated heterocycles. The first-order valence-electron chi connectivity index (χ1n) is 7.44. The molecule has 0 spiro atoms. The number of sulfonamides is 1. The van der Waals surface area contributed by atoms with Crippen LogP contribution in [0.5, 0.6) is 0 Å². The van der Waals surface area contributed by atoms with Crippen LogP contribution in [0.15, 0.2) is 24.3 Å². The standard InChI is InChI=1S/C15H24N2O3S/c1-2-21(19,20)17-11-5-10-16-15(12-18)9-8-13-6-3-4-7-14(13)15/h3-4,6-7,16-18H,2,5,8-12H2,1H3. The smallest absolute Gasteiger partial charge is 0.211 e. The van der Waals surface area contributed by atoms with Crippen molar-refractivity contribution < 1.29 is 13.5 Å². The lowest BCUT2D eigenvalue weighted by Crippen LogP contribution is -2.45. The van der Waals surface area contributed by atoms with Crippen LogP contribution in [0.2, 0.25) is 0 Å². The molecular weight excluding hydrogens is 288 g/mol. The zero-order chi connectivity index (χ0) is 15.3. The summed E-state index contributed by atoms with van der Waals surface area (Å²) in [6, 6.07) is 8.17. The van der Waals surface area contributed by atoms with Gasteiger partial charge in [0.1, 0.15) is 0 Å². The van der Waals surface area contributed by atoms with Gasteiger partial charge in [0, 0.05) is 6.54 Å². The first kappa shape index (κ1) is 16.4. The Balaban J connectivity index is 1.87. The Morgan fingerprint density at radius 2 is 2.05 bits per heavy atom. The van der Waals surface area contributed by atoms with Crippen LogP contribution in [-0.2, 0) is 22.0 Å². The molecule has 5 nitrogen and oxygen atoms in total. The van der Waals surface area contributed by atoms with Crippen LogP contribution in [0.25, 0.3) is 0 Å². The van der Waals surface area contributed by atoms with E-state index in [1.807, 2.05) is 12.1 Å². The molecule has 1 aliphatic rings. The Bertz CT molecular complexity index is 574. The summed E-state index contributed by atoms with van der Waals surface area (Å²) in [4.78, 5) is 0.